The fourth-order valence-electron chi connectivity index (χ4n) is 4.04. The zero-order valence-electron chi connectivity index (χ0n) is 20.5. The number of hydrogen-bond donors (Lipinski definition) is 0. The first-order valence-electron chi connectivity index (χ1n) is 11.2. The van der Waals surface area contributed by atoms with E-state index < -0.39 is 5.82 Å². The minimum atomic E-state index is -0.565. The Hall–Kier alpha value is -1.91. The van der Waals surface area contributed by atoms with Crippen LogP contribution in [0.5, 0.6) is 6.01 Å². The molecule has 1 amide bonds. The maximum absolute atomic E-state index is 15.2. The van der Waals surface area contributed by atoms with Crippen molar-refractivity contribution >= 4 is 50.3 Å². The zero-order valence-corrected chi connectivity index (χ0v) is 22.8. The summed E-state index contributed by atoms with van der Waals surface area (Å²) < 4.78 is 26.2. The predicted molar refractivity (Wildman–Crippen MR) is 135 cm³/mol. The van der Waals surface area contributed by atoms with E-state index in [9.17, 15) is 4.79 Å². The van der Waals surface area contributed by atoms with Crippen molar-refractivity contribution in [3.05, 3.63) is 21.4 Å². The van der Waals surface area contributed by atoms with E-state index in [0.29, 0.717) is 37.4 Å². The summed E-state index contributed by atoms with van der Waals surface area (Å²) in [6.07, 6.45) is 0.413. The summed E-state index contributed by atoms with van der Waals surface area (Å²) >= 11 is 9.50. The SMILES string of the molecule is COC(=O)N1CCN(c2nc(OCCCN(C)C)nc3c(F)c(Br)c(Cl)cc23)CC1C(C)(C)C. The molecular weight excluding hydrogens is 529 g/mol. The standard InChI is InChI=1S/C23H32BrClFN5O3/c1-23(2,3)16-13-30(9-10-31(16)22(32)33-6)20-14-12-15(25)17(24)18(26)19(14)27-21(28-20)34-11-7-8-29(4)5/h12,16H,7-11,13H2,1-6H3. The van der Waals surface area contributed by atoms with Gasteiger partial charge in [-0.15, -0.1) is 0 Å². The number of nitrogens with zero attached hydrogens (tertiary/aromatic N) is 5. The van der Waals surface area contributed by atoms with E-state index in [0.717, 1.165) is 13.0 Å². The molecule has 0 aliphatic carbocycles. The minimum Gasteiger partial charge on any atom is -0.463 e. The van der Waals surface area contributed by atoms with Gasteiger partial charge in [0.2, 0.25) is 0 Å². The van der Waals surface area contributed by atoms with Crippen LogP contribution in [-0.2, 0) is 4.74 Å². The van der Waals surface area contributed by atoms with Gasteiger partial charge < -0.3 is 24.2 Å². The second kappa shape index (κ2) is 10.8. The van der Waals surface area contributed by atoms with E-state index in [1.807, 2.05) is 19.0 Å². The highest BCUT2D eigenvalue weighted by Gasteiger charge is 2.39. The summed E-state index contributed by atoms with van der Waals surface area (Å²) in [5.74, 6) is -0.0375. The predicted octanol–water partition coefficient (Wildman–Crippen LogP) is 4.82. The number of fused-ring (bicyclic) bond motifs is 1. The Morgan fingerprint density at radius 1 is 1.32 bits per heavy atom. The summed E-state index contributed by atoms with van der Waals surface area (Å²) in [6, 6.07) is 1.62. The van der Waals surface area contributed by atoms with Gasteiger partial charge in [-0.1, -0.05) is 32.4 Å². The first-order chi connectivity index (χ1) is 15.9. The number of ether oxygens (including phenoxy) is 2. The van der Waals surface area contributed by atoms with Crippen LogP contribution < -0.4 is 9.64 Å². The van der Waals surface area contributed by atoms with Crippen LogP contribution in [0.2, 0.25) is 5.02 Å². The van der Waals surface area contributed by atoms with E-state index in [4.69, 9.17) is 21.1 Å². The molecule has 3 rings (SSSR count). The van der Waals surface area contributed by atoms with Crippen molar-refractivity contribution in [1.29, 1.82) is 0 Å². The molecule has 34 heavy (non-hydrogen) atoms. The number of rotatable bonds is 6. The lowest BCUT2D eigenvalue weighted by Gasteiger charge is -2.46. The van der Waals surface area contributed by atoms with Gasteiger partial charge in [-0.25, -0.2) is 9.18 Å². The highest BCUT2D eigenvalue weighted by Crippen LogP contribution is 2.38. The third kappa shape index (κ3) is 5.83. The molecule has 188 valence electrons. The molecule has 1 unspecified atom stereocenters. The molecule has 1 aromatic carbocycles. The van der Waals surface area contributed by atoms with Crippen molar-refractivity contribution in [2.45, 2.75) is 33.2 Å². The molecule has 1 aromatic heterocycles. The fourth-order valence-corrected chi connectivity index (χ4v) is 4.53. The normalized spacial score (nSPS) is 16.9. The highest BCUT2D eigenvalue weighted by molar-refractivity contribution is 9.10. The molecule has 0 N–H and O–H groups in total. The van der Waals surface area contributed by atoms with Crippen molar-refractivity contribution in [1.82, 2.24) is 19.8 Å². The molecule has 2 heterocycles. The Morgan fingerprint density at radius 3 is 2.65 bits per heavy atom. The van der Waals surface area contributed by atoms with Crippen LogP contribution in [-0.4, -0.2) is 85.9 Å². The van der Waals surface area contributed by atoms with Gasteiger partial charge in [-0.2, -0.15) is 9.97 Å². The number of piperazine rings is 1. The molecule has 0 bridgehead atoms. The maximum Gasteiger partial charge on any atom is 0.409 e. The number of carbonyl (C=O) groups excluding carboxylic acids is 1. The Morgan fingerprint density at radius 2 is 2.03 bits per heavy atom. The van der Waals surface area contributed by atoms with Crippen LogP contribution in [0.3, 0.4) is 0 Å². The molecule has 8 nitrogen and oxygen atoms in total. The summed E-state index contributed by atoms with van der Waals surface area (Å²) in [5.41, 5.74) is -0.0979. The van der Waals surface area contributed by atoms with E-state index in [1.165, 1.54) is 7.11 Å². The number of halogens is 3. The lowest BCUT2D eigenvalue weighted by molar-refractivity contribution is 0.0626. The molecule has 1 aliphatic heterocycles. The molecule has 1 fully saturated rings. The van der Waals surface area contributed by atoms with Gasteiger partial charge in [0, 0.05) is 31.6 Å². The van der Waals surface area contributed by atoms with Crippen molar-refractivity contribution in [3.63, 3.8) is 0 Å². The lowest BCUT2D eigenvalue weighted by atomic mass is 9.84. The van der Waals surface area contributed by atoms with Crippen LogP contribution in [0, 0.1) is 11.2 Å². The quantitative estimate of drug-likeness (QED) is 0.371. The summed E-state index contributed by atoms with van der Waals surface area (Å²) in [6.45, 7) is 8.88. The van der Waals surface area contributed by atoms with Gasteiger partial charge in [-0.3, -0.25) is 0 Å². The van der Waals surface area contributed by atoms with E-state index in [-0.39, 0.29) is 38.6 Å². The van der Waals surface area contributed by atoms with Gasteiger partial charge in [0.15, 0.2) is 5.82 Å². The van der Waals surface area contributed by atoms with Gasteiger partial charge in [0.25, 0.3) is 0 Å². The van der Waals surface area contributed by atoms with Crippen LogP contribution in [0.1, 0.15) is 27.2 Å². The largest absolute Gasteiger partial charge is 0.463 e. The van der Waals surface area contributed by atoms with Crippen LogP contribution in [0.15, 0.2) is 10.5 Å². The van der Waals surface area contributed by atoms with E-state index in [1.54, 1.807) is 11.0 Å². The smallest absolute Gasteiger partial charge is 0.409 e. The minimum absolute atomic E-state index is 0.108. The topological polar surface area (TPSA) is 71.0 Å². The summed E-state index contributed by atoms with van der Waals surface area (Å²) in [5, 5.41) is 0.723. The number of benzene rings is 1. The Bertz CT molecular complexity index is 1050. The lowest BCUT2D eigenvalue weighted by Crippen LogP contribution is -2.60. The number of anilines is 1. The van der Waals surface area contributed by atoms with Crippen molar-refractivity contribution in [2.75, 3.05) is 58.9 Å². The first-order valence-corrected chi connectivity index (χ1v) is 12.3. The fraction of sp³-hybridized carbons (Fsp3) is 0.609. The van der Waals surface area contributed by atoms with Crippen LogP contribution in [0.25, 0.3) is 10.9 Å². The Kier molecular flexibility index (Phi) is 8.47. The second-order valence-electron chi connectivity index (χ2n) is 9.71. The molecule has 1 aliphatic rings. The van der Waals surface area contributed by atoms with E-state index in [2.05, 4.69) is 51.6 Å². The number of methoxy groups -OCH3 is 1. The molecule has 0 saturated carbocycles. The van der Waals surface area contributed by atoms with Crippen LogP contribution in [0.4, 0.5) is 15.0 Å². The Labute approximate surface area is 213 Å². The average molecular weight is 561 g/mol. The molecule has 1 saturated heterocycles. The summed E-state index contributed by atoms with van der Waals surface area (Å²) in [7, 11) is 5.36. The number of amides is 1. The van der Waals surface area contributed by atoms with Gasteiger partial charge in [-0.05, 0) is 47.9 Å². The molecule has 11 heteroatoms. The number of aromatic nitrogens is 2. The monoisotopic (exact) mass is 559 g/mol. The van der Waals surface area contributed by atoms with Crippen LogP contribution >= 0.6 is 27.5 Å². The molecule has 0 radical (unpaired) electrons. The number of hydrogen-bond acceptors (Lipinski definition) is 7. The molecule has 1 atom stereocenters. The Balaban J connectivity index is 2.03. The maximum atomic E-state index is 15.2. The van der Waals surface area contributed by atoms with Gasteiger partial charge in [0.05, 0.1) is 29.3 Å². The van der Waals surface area contributed by atoms with Gasteiger partial charge in [0.1, 0.15) is 11.3 Å². The zero-order chi connectivity index (χ0) is 25.2. The van der Waals surface area contributed by atoms with Crippen molar-refractivity contribution in [2.24, 2.45) is 5.41 Å². The van der Waals surface area contributed by atoms with E-state index >= 15 is 4.39 Å². The van der Waals surface area contributed by atoms with Crippen molar-refractivity contribution < 1.29 is 18.7 Å². The average Bonchev–Trinajstić information content (AvgIpc) is 2.78. The molecule has 0 spiro atoms. The molecular formula is C23H32BrClFN5O3. The van der Waals surface area contributed by atoms with Crippen molar-refractivity contribution in [3.8, 4) is 6.01 Å². The molecule has 2 aromatic rings. The second-order valence-corrected chi connectivity index (χ2v) is 10.9. The first kappa shape index (κ1) is 26.7. The third-order valence-corrected chi connectivity index (χ3v) is 7.16. The third-order valence-electron chi connectivity index (χ3n) is 5.86. The highest BCUT2D eigenvalue weighted by atomic mass is 79.9. The summed E-state index contributed by atoms with van der Waals surface area (Å²) in [4.78, 5) is 27.3. The van der Waals surface area contributed by atoms with Gasteiger partial charge >= 0.3 is 12.1 Å². The number of carbonyl (C=O) groups is 1.